The standard InChI is InChI=1S/C15H24N2.C7H7NO2/c1-11-8-9-17-15(10-11)14-6-4-13(5-7-14)12(2)16-3;1-10-7-3-2-6(5-9)4-8-7/h8-10,12-14,16H,4-7H2,1-3H3;2-5H,1H3. The van der Waals surface area contributed by atoms with Crippen molar-refractivity contribution in [3.63, 3.8) is 0 Å². The van der Waals surface area contributed by atoms with E-state index < -0.39 is 0 Å². The summed E-state index contributed by atoms with van der Waals surface area (Å²) in [4.78, 5) is 18.5. The Morgan fingerprint density at radius 3 is 2.44 bits per heavy atom. The average Bonchev–Trinajstić information content (AvgIpc) is 2.74. The molecule has 0 aromatic carbocycles. The van der Waals surface area contributed by atoms with Crippen molar-refractivity contribution in [1.82, 2.24) is 15.3 Å². The van der Waals surface area contributed by atoms with Gasteiger partial charge in [-0.3, -0.25) is 9.78 Å². The molecule has 0 aliphatic heterocycles. The SMILES string of the molecule is CNC(C)C1CCC(c2cc(C)ccn2)CC1.COc1ccc(C=O)cn1. The first-order chi connectivity index (χ1) is 13.1. The van der Waals surface area contributed by atoms with E-state index in [4.69, 9.17) is 4.74 Å². The summed E-state index contributed by atoms with van der Waals surface area (Å²) in [6.07, 6.45) is 9.43. The van der Waals surface area contributed by atoms with Gasteiger partial charge in [-0.05, 0) is 76.3 Å². The summed E-state index contributed by atoms with van der Waals surface area (Å²) in [5.74, 6) is 2.06. The fourth-order valence-corrected chi connectivity index (χ4v) is 3.52. The van der Waals surface area contributed by atoms with Crippen molar-refractivity contribution in [3.05, 3.63) is 53.5 Å². The highest BCUT2D eigenvalue weighted by Crippen LogP contribution is 2.36. The summed E-state index contributed by atoms with van der Waals surface area (Å²) >= 11 is 0. The van der Waals surface area contributed by atoms with Gasteiger partial charge in [-0.2, -0.15) is 0 Å². The summed E-state index contributed by atoms with van der Waals surface area (Å²) in [5.41, 5.74) is 3.20. The van der Waals surface area contributed by atoms with E-state index in [2.05, 4.69) is 48.3 Å². The van der Waals surface area contributed by atoms with Crippen molar-refractivity contribution >= 4 is 6.29 Å². The Balaban J connectivity index is 0.000000223. The van der Waals surface area contributed by atoms with Gasteiger partial charge in [0.25, 0.3) is 0 Å². The lowest BCUT2D eigenvalue weighted by Gasteiger charge is -2.32. The van der Waals surface area contributed by atoms with Crippen LogP contribution < -0.4 is 10.1 Å². The first kappa shape index (κ1) is 21.0. The maximum Gasteiger partial charge on any atom is 0.212 e. The van der Waals surface area contributed by atoms with Gasteiger partial charge < -0.3 is 10.1 Å². The molecule has 0 spiro atoms. The Labute approximate surface area is 162 Å². The van der Waals surface area contributed by atoms with Crippen molar-refractivity contribution in [2.75, 3.05) is 14.2 Å². The molecule has 1 unspecified atom stereocenters. The number of methoxy groups -OCH3 is 1. The number of nitrogens with zero attached hydrogens (tertiary/aromatic N) is 2. The van der Waals surface area contributed by atoms with Crippen LogP contribution in [0, 0.1) is 12.8 Å². The lowest BCUT2D eigenvalue weighted by atomic mass is 9.77. The maximum absolute atomic E-state index is 10.1. The molecule has 2 heterocycles. The van der Waals surface area contributed by atoms with E-state index in [0.29, 0.717) is 23.4 Å². The van der Waals surface area contributed by atoms with Crippen LogP contribution in [0.15, 0.2) is 36.7 Å². The third-order valence-electron chi connectivity index (χ3n) is 5.39. The molecule has 2 aromatic rings. The number of pyridine rings is 2. The molecular formula is C22H31N3O2. The lowest BCUT2D eigenvalue weighted by molar-refractivity contribution is 0.112. The van der Waals surface area contributed by atoms with Gasteiger partial charge in [0.1, 0.15) is 0 Å². The van der Waals surface area contributed by atoms with E-state index in [1.807, 2.05) is 6.20 Å². The maximum atomic E-state index is 10.1. The second kappa shape index (κ2) is 10.8. The van der Waals surface area contributed by atoms with Crippen LogP contribution in [0.2, 0.25) is 0 Å². The molecule has 27 heavy (non-hydrogen) atoms. The number of aldehydes is 1. The number of carbonyl (C=O) groups is 1. The second-order valence-corrected chi connectivity index (χ2v) is 7.20. The van der Waals surface area contributed by atoms with Crippen LogP contribution in [0.25, 0.3) is 0 Å². The summed E-state index contributed by atoms with van der Waals surface area (Å²) < 4.78 is 4.79. The monoisotopic (exact) mass is 369 g/mol. The molecule has 1 atom stereocenters. The zero-order chi connectivity index (χ0) is 19.6. The van der Waals surface area contributed by atoms with Crippen molar-refractivity contribution in [1.29, 1.82) is 0 Å². The van der Waals surface area contributed by atoms with E-state index >= 15 is 0 Å². The first-order valence-electron chi connectivity index (χ1n) is 9.62. The van der Waals surface area contributed by atoms with E-state index in [9.17, 15) is 4.79 Å². The quantitative estimate of drug-likeness (QED) is 0.801. The third-order valence-corrected chi connectivity index (χ3v) is 5.39. The largest absolute Gasteiger partial charge is 0.481 e. The fourth-order valence-electron chi connectivity index (χ4n) is 3.52. The van der Waals surface area contributed by atoms with Crippen LogP contribution >= 0.6 is 0 Å². The molecule has 1 aliphatic carbocycles. The third kappa shape index (κ3) is 6.43. The van der Waals surface area contributed by atoms with Crippen LogP contribution in [0.5, 0.6) is 5.88 Å². The lowest BCUT2D eigenvalue weighted by Crippen LogP contribution is -2.32. The molecule has 1 aliphatic rings. The predicted octanol–water partition coefficient (Wildman–Crippen LogP) is 4.17. The van der Waals surface area contributed by atoms with Crippen molar-refractivity contribution < 1.29 is 9.53 Å². The van der Waals surface area contributed by atoms with Crippen LogP contribution in [0.1, 0.15) is 60.1 Å². The smallest absolute Gasteiger partial charge is 0.212 e. The van der Waals surface area contributed by atoms with Gasteiger partial charge in [0.2, 0.25) is 5.88 Å². The highest BCUT2D eigenvalue weighted by molar-refractivity contribution is 5.73. The number of aromatic nitrogens is 2. The van der Waals surface area contributed by atoms with Gasteiger partial charge in [0.15, 0.2) is 6.29 Å². The molecule has 0 radical (unpaired) electrons. The zero-order valence-corrected chi connectivity index (χ0v) is 16.8. The Morgan fingerprint density at radius 2 is 1.93 bits per heavy atom. The summed E-state index contributed by atoms with van der Waals surface area (Å²) in [6, 6.07) is 8.29. The molecule has 1 saturated carbocycles. The minimum atomic E-state index is 0.519. The summed E-state index contributed by atoms with van der Waals surface area (Å²) in [7, 11) is 3.60. The minimum Gasteiger partial charge on any atom is -0.481 e. The topological polar surface area (TPSA) is 64.1 Å². The average molecular weight is 370 g/mol. The fraction of sp³-hybridized carbons (Fsp3) is 0.500. The molecule has 146 valence electrons. The van der Waals surface area contributed by atoms with Crippen LogP contribution in [-0.2, 0) is 0 Å². The summed E-state index contributed by atoms with van der Waals surface area (Å²) in [5, 5.41) is 3.38. The van der Waals surface area contributed by atoms with Crippen molar-refractivity contribution in [2.45, 2.75) is 51.5 Å². The molecule has 1 fully saturated rings. The van der Waals surface area contributed by atoms with Crippen LogP contribution in [-0.4, -0.2) is 36.5 Å². The molecule has 2 aromatic heterocycles. The van der Waals surface area contributed by atoms with Crippen molar-refractivity contribution in [3.8, 4) is 5.88 Å². The van der Waals surface area contributed by atoms with Crippen LogP contribution in [0.3, 0.4) is 0 Å². The van der Waals surface area contributed by atoms with E-state index in [1.54, 1.807) is 12.1 Å². The highest BCUT2D eigenvalue weighted by Gasteiger charge is 2.25. The van der Waals surface area contributed by atoms with Gasteiger partial charge in [0.05, 0.1) is 7.11 Å². The number of ether oxygens (including phenoxy) is 1. The Kier molecular flexibility index (Phi) is 8.40. The number of hydrogen-bond acceptors (Lipinski definition) is 5. The van der Waals surface area contributed by atoms with Gasteiger partial charge in [-0.25, -0.2) is 4.98 Å². The number of rotatable bonds is 5. The number of aryl methyl sites for hydroxylation is 1. The molecule has 0 bridgehead atoms. The van der Waals surface area contributed by atoms with Gasteiger partial charge in [-0.15, -0.1) is 0 Å². The Bertz CT molecular complexity index is 695. The predicted molar refractivity (Wildman–Crippen MR) is 108 cm³/mol. The first-order valence-corrected chi connectivity index (χ1v) is 9.62. The molecular weight excluding hydrogens is 338 g/mol. The van der Waals surface area contributed by atoms with Crippen molar-refractivity contribution in [2.24, 2.45) is 5.92 Å². The highest BCUT2D eigenvalue weighted by atomic mass is 16.5. The second-order valence-electron chi connectivity index (χ2n) is 7.20. The molecule has 0 amide bonds. The molecule has 3 rings (SSSR count). The number of carbonyl (C=O) groups excluding carboxylic acids is 1. The van der Waals surface area contributed by atoms with E-state index in [-0.39, 0.29) is 0 Å². The summed E-state index contributed by atoms with van der Waals surface area (Å²) in [6.45, 7) is 4.45. The van der Waals surface area contributed by atoms with Gasteiger partial charge in [-0.1, -0.05) is 0 Å². The molecule has 5 nitrogen and oxygen atoms in total. The molecule has 5 heteroatoms. The Morgan fingerprint density at radius 1 is 1.19 bits per heavy atom. The molecule has 1 N–H and O–H groups in total. The minimum absolute atomic E-state index is 0.519. The number of nitrogens with one attached hydrogen (secondary N) is 1. The number of hydrogen-bond donors (Lipinski definition) is 1. The zero-order valence-electron chi connectivity index (χ0n) is 16.8. The van der Waals surface area contributed by atoms with E-state index in [1.165, 1.54) is 50.2 Å². The molecule has 0 saturated heterocycles. The normalized spacial score (nSPS) is 20.1. The Hall–Kier alpha value is -2.27. The van der Waals surface area contributed by atoms with E-state index in [0.717, 1.165) is 12.2 Å². The van der Waals surface area contributed by atoms with Gasteiger partial charge >= 0.3 is 0 Å². The van der Waals surface area contributed by atoms with Crippen LogP contribution in [0.4, 0.5) is 0 Å². The van der Waals surface area contributed by atoms with Gasteiger partial charge in [0, 0.05) is 41.7 Å².